The van der Waals surface area contributed by atoms with Crippen molar-refractivity contribution in [1.29, 1.82) is 0 Å². The third-order valence-corrected chi connectivity index (χ3v) is 2.72. The van der Waals surface area contributed by atoms with Crippen LogP contribution in [0.25, 0.3) is 0 Å². The number of rotatable bonds is 4. The van der Waals surface area contributed by atoms with Crippen molar-refractivity contribution < 1.29 is 19.1 Å². The van der Waals surface area contributed by atoms with Gasteiger partial charge in [0.05, 0.1) is 13.7 Å². The monoisotopic (exact) mass is 225 g/mol. The summed E-state index contributed by atoms with van der Waals surface area (Å²) < 4.78 is 9.88. The zero-order chi connectivity index (χ0) is 11.5. The lowest BCUT2D eigenvalue weighted by molar-refractivity contribution is 0.0413. The quantitative estimate of drug-likeness (QED) is 0.755. The molecule has 0 aliphatic carbocycles. The van der Waals surface area contributed by atoms with Gasteiger partial charge in [0.1, 0.15) is 5.76 Å². The SMILES string of the molecule is COC(=O)c1ccc(CN2CC(CO)C2)o1. The Morgan fingerprint density at radius 3 is 3.00 bits per heavy atom. The van der Waals surface area contributed by atoms with Gasteiger partial charge in [-0.25, -0.2) is 4.79 Å². The minimum atomic E-state index is -0.455. The van der Waals surface area contributed by atoms with Crippen LogP contribution in [-0.2, 0) is 11.3 Å². The van der Waals surface area contributed by atoms with Crippen LogP contribution in [0.1, 0.15) is 16.3 Å². The standard InChI is InChI=1S/C11H15NO4/c1-15-11(14)10-3-2-9(16-10)6-12-4-8(5-12)7-13/h2-3,8,13H,4-7H2,1H3. The molecular weight excluding hydrogens is 210 g/mol. The van der Waals surface area contributed by atoms with E-state index in [0.717, 1.165) is 18.8 Å². The van der Waals surface area contributed by atoms with Crippen LogP contribution in [0.3, 0.4) is 0 Å². The molecule has 16 heavy (non-hydrogen) atoms. The van der Waals surface area contributed by atoms with E-state index in [1.807, 2.05) is 0 Å². The molecule has 2 rings (SSSR count). The van der Waals surface area contributed by atoms with E-state index in [1.165, 1.54) is 7.11 Å². The molecule has 0 unspecified atom stereocenters. The number of ether oxygens (including phenoxy) is 1. The molecule has 1 N–H and O–H groups in total. The van der Waals surface area contributed by atoms with Gasteiger partial charge in [-0.1, -0.05) is 0 Å². The second-order valence-corrected chi connectivity index (χ2v) is 4.00. The van der Waals surface area contributed by atoms with E-state index < -0.39 is 5.97 Å². The maximum atomic E-state index is 11.1. The normalized spacial score (nSPS) is 17.1. The number of esters is 1. The Hall–Kier alpha value is -1.33. The summed E-state index contributed by atoms with van der Waals surface area (Å²) in [5.41, 5.74) is 0. The maximum Gasteiger partial charge on any atom is 0.373 e. The first kappa shape index (κ1) is 11.2. The largest absolute Gasteiger partial charge is 0.463 e. The first-order valence-corrected chi connectivity index (χ1v) is 5.23. The number of aliphatic hydroxyl groups is 1. The van der Waals surface area contributed by atoms with Crippen molar-refractivity contribution >= 4 is 5.97 Å². The minimum absolute atomic E-state index is 0.233. The highest BCUT2D eigenvalue weighted by Gasteiger charge is 2.26. The summed E-state index contributed by atoms with van der Waals surface area (Å²) in [5, 5.41) is 8.87. The molecule has 0 aromatic carbocycles. The van der Waals surface area contributed by atoms with Crippen molar-refractivity contribution in [2.75, 3.05) is 26.8 Å². The Kier molecular flexibility index (Phi) is 3.26. The molecule has 0 atom stereocenters. The van der Waals surface area contributed by atoms with Gasteiger partial charge in [0.2, 0.25) is 5.76 Å². The van der Waals surface area contributed by atoms with Crippen LogP contribution in [0, 0.1) is 5.92 Å². The summed E-state index contributed by atoms with van der Waals surface area (Å²) in [6, 6.07) is 3.39. The Labute approximate surface area is 93.6 Å². The maximum absolute atomic E-state index is 11.1. The average molecular weight is 225 g/mol. The number of hydrogen-bond donors (Lipinski definition) is 1. The second-order valence-electron chi connectivity index (χ2n) is 4.00. The number of aliphatic hydroxyl groups excluding tert-OH is 1. The summed E-state index contributed by atoms with van der Waals surface area (Å²) in [7, 11) is 1.33. The summed E-state index contributed by atoms with van der Waals surface area (Å²) in [6.45, 7) is 2.67. The molecule has 0 amide bonds. The molecule has 1 aromatic rings. The van der Waals surface area contributed by atoms with Crippen LogP contribution in [0.2, 0.25) is 0 Å². The van der Waals surface area contributed by atoms with Crippen LogP contribution in [0.4, 0.5) is 0 Å². The zero-order valence-corrected chi connectivity index (χ0v) is 9.18. The lowest BCUT2D eigenvalue weighted by Crippen LogP contribution is -2.47. The molecule has 0 saturated carbocycles. The van der Waals surface area contributed by atoms with Crippen molar-refractivity contribution in [2.45, 2.75) is 6.54 Å². The van der Waals surface area contributed by atoms with Crippen molar-refractivity contribution in [3.63, 3.8) is 0 Å². The predicted octanol–water partition coefficient (Wildman–Crippen LogP) is 0.490. The van der Waals surface area contributed by atoms with Crippen LogP contribution < -0.4 is 0 Å². The van der Waals surface area contributed by atoms with Gasteiger partial charge in [-0.2, -0.15) is 0 Å². The number of carbonyl (C=O) groups excluding carboxylic acids is 1. The van der Waals surface area contributed by atoms with Gasteiger partial charge in [-0.3, -0.25) is 4.90 Å². The number of likely N-dealkylation sites (tertiary alicyclic amines) is 1. The number of methoxy groups -OCH3 is 1. The molecule has 0 spiro atoms. The minimum Gasteiger partial charge on any atom is -0.463 e. The first-order valence-electron chi connectivity index (χ1n) is 5.23. The Morgan fingerprint density at radius 1 is 1.62 bits per heavy atom. The van der Waals surface area contributed by atoms with Gasteiger partial charge in [-0.15, -0.1) is 0 Å². The fourth-order valence-corrected chi connectivity index (χ4v) is 1.81. The van der Waals surface area contributed by atoms with Crippen molar-refractivity contribution in [2.24, 2.45) is 5.92 Å². The van der Waals surface area contributed by atoms with Crippen LogP contribution in [0.5, 0.6) is 0 Å². The van der Waals surface area contributed by atoms with Gasteiger partial charge >= 0.3 is 5.97 Å². The molecular formula is C11H15NO4. The smallest absolute Gasteiger partial charge is 0.373 e. The molecule has 1 fully saturated rings. The Bertz CT molecular complexity index is 368. The van der Waals surface area contributed by atoms with Crippen molar-refractivity contribution in [3.05, 3.63) is 23.7 Å². The van der Waals surface area contributed by atoms with E-state index in [0.29, 0.717) is 12.5 Å². The van der Waals surface area contributed by atoms with Gasteiger partial charge in [-0.05, 0) is 12.1 Å². The summed E-state index contributed by atoms with van der Waals surface area (Å²) >= 11 is 0. The molecule has 5 heteroatoms. The van der Waals surface area contributed by atoms with Crippen LogP contribution in [-0.4, -0.2) is 42.8 Å². The summed E-state index contributed by atoms with van der Waals surface area (Å²) in [4.78, 5) is 13.3. The molecule has 1 aromatic heterocycles. The lowest BCUT2D eigenvalue weighted by Gasteiger charge is -2.37. The first-order chi connectivity index (χ1) is 7.72. The predicted molar refractivity (Wildman–Crippen MR) is 55.9 cm³/mol. The molecule has 2 heterocycles. The topological polar surface area (TPSA) is 62.9 Å². The fourth-order valence-electron chi connectivity index (χ4n) is 1.81. The summed E-state index contributed by atoms with van der Waals surface area (Å²) in [5.74, 6) is 0.909. The van der Waals surface area contributed by atoms with Gasteiger partial charge in [0.25, 0.3) is 0 Å². The highest BCUT2D eigenvalue weighted by atomic mass is 16.5. The highest BCUT2D eigenvalue weighted by molar-refractivity contribution is 5.86. The van der Waals surface area contributed by atoms with Gasteiger partial charge in [0, 0.05) is 25.6 Å². The third-order valence-electron chi connectivity index (χ3n) is 2.72. The molecule has 5 nitrogen and oxygen atoms in total. The van der Waals surface area contributed by atoms with Gasteiger partial charge in [0.15, 0.2) is 0 Å². The van der Waals surface area contributed by atoms with Crippen LogP contribution >= 0.6 is 0 Å². The molecule has 0 bridgehead atoms. The fraction of sp³-hybridized carbons (Fsp3) is 0.545. The highest BCUT2D eigenvalue weighted by Crippen LogP contribution is 2.19. The number of nitrogens with zero attached hydrogens (tertiary/aromatic N) is 1. The zero-order valence-electron chi connectivity index (χ0n) is 9.18. The van der Waals surface area contributed by atoms with E-state index in [-0.39, 0.29) is 12.4 Å². The molecule has 1 aliphatic rings. The lowest BCUT2D eigenvalue weighted by atomic mass is 10.0. The van der Waals surface area contributed by atoms with E-state index in [9.17, 15) is 4.79 Å². The third kappa shape index (κ3) is 2.25. The number of hydrogen-bond acceptors (Lipinski definition) is 5. The Morgan fingerprint density at radius 2 is 2.38 bits per heavy atom. The molecule has 1 saturated heterocycles. The number of carbonyl (C=O) groups is 1. The molecule has 88 valence electrons. The molecule has 0 radical (unpaired) electrons. The second kappa shape index (κ2) is 4.67. The van der Waals surface area contributed by atoms with Crippen molar-refractivity contribution in [1.82, 2.24) is 4.90 Å². The van der Waals surface area contributed by atoms with E-state index in [4.69, 9.17) is 9.52 Å². The molecule has 1 aliphatic heterocycles. The van der Waals surface area contributed by atoms with E-state index >= 15 is 0 Å². The average Bonchev–Trinajstić information content (AvgIpc) is 2.70. The summed E-state index contributed by atoms with van der Waals surface area (Å²) in [6.07, 6.45) is 0. The van der Waals surface area contributed by atoms with E-state index in [1.54, 1.807) is 12.1 Å². The van der Waals surface area contributed by atoms with Crippen LogP contribution in [0.15, 0.2) is 16.5 Å². The van der Waals surface area contributed by atoms with Gasteiger partial charge < -0.3 is 14.3 Å². The van der Waals surface area contributed by atoms with Crippen molar-refractivity contribution in [3.8, 4) is 0 Å². The Balaban J connectivity index is 1.87. The van der Waals surface area contributed by atoms with E-state index in [2.05, 4.69) is 9.64 Å². The number of furan rings is 1.